The van der Waals surface area contributed by atoms with Gasteiger partial charge in [0, 0.05) is 0 Å². The molecule has 6 heteroatoms. The van der Waals surface area contributed by atoms with Crippen molar-refractivity contribution < 1.29 is 0 Å². The van der Waals surface area contributed by atoms with Gasteiger partial charge in [-0.1, -0.05) is 38.1 Å². The first-order valence-electron chi connectivity index (χ1n) is 6.39. The van der Waals surface area contributed by atoms with Crippen molar-refractivity contribution in [1.82, 2.24) is 15.2 Å². The molecule has 0 saturated heterocycles. The van der Waals surface area contributed by atoms with Gasteiger partial charge in [-0.2, -0.15) is 5.10 Å². The summed E-state index contributed by atoms with van der Waals surface area (Å²) in [7, 11) is 0. The molecular weight excluding hydrogens is 254 g/mol. The van der Waals surface area contributed by atoms with Crippen LogP contribution in [0.3, 0.4) is 0 Å². The van der Waals surface area contributed by atoms with Crippen LogP contribution in [0.1, 0.15) is 36.6 Å². The topological polar surface area (TPSA) is 83.0 Å². The lowest BCUT2D eigenvalue weighted by Crippen LogP contribution is -2.15. The molecule has 2 aromatic rings. The lowest BCUT2D eigenvalue weighted by molar-refractivity contribution is 0.866. The third kappa shape index (κ3) is 3.50. The van der Waals surface area contributed by atoms with Gasteiger partial charge in [-0.05, 0) is 24.0 Å². The van der Waals surface area contributed by atoms with Gasteiger partial charge < -0.3 is 0 Å². The van der Waals surface area contributed by atoms with Crippen molar-refractivity contribution in [2.75, 3.05) is 5.43 Å². The van der Waals surface area contributed by atoms with Crippen molar-refractivity contribution in [3.63, 3.8) is 0 Å². The fourth-order valence-corrected chi connectivity index (χ4v) is 1.58. The summed E-state index contributed by atoms with van der Waals surface area (Å²) < 4.78 is 0. The predicted molar refractivity (Wildman–Crippen MR) is 79.1 cm³/mol. The summed E-state index contributed by atoms with van der Waals surface area (Å²) >= 11 is 0. The van der Waals surface area contributed by atoms with Crippen molar-refractivity contribution >= 4 is 12.2 Å². The molecule has 0 aliphatic rings. The quantitative estimate of drug-likeness (QED) is 0.658. The van der Waals surface area contributed by atoms with E-state index in [2.05, 4.69) is 51.7 Å². The van der Waals surface area contributed by atoms with E-state index in [1.54, 1.807) is 13.1 Å². The Morgan fingerprint density at radius 3 is 2.55 bits per heavy atom. The fourth-order valence-electron chi connectivity index (χ4n) is 1.58. The number of nitrogens with zero attached hydrogens (tertiary/aromatic N) is 3. The normalized spacial score (nSPS) is 11.2. The third-order valence-electron chi connectivity index (χ3n) is 2.85. The van der Waals surface area contributed by atoms with E-state index in [-0.39, 0.29) is 11.5 Å². The maximum atomic E-state index is 11.3. The number of anilines is 1. The molecule has 0 saturated carbocycles. The molecule has 0 aliphatic carbocycles. The number of aromatic amines is 1. The molecule has 1 aromatic heterocycles. The molecule has 20 heavy (non-hydrogen) atoms. The summed E-state index contributed by atoms with van der Waals surface area (Å²) in [5.74, 6) is 0.725. The molecule has 0 amide bonds. The van der Waals surface area contributed by atoms with Gasteiger partial charge in [-0.3, -0.25) is 9.78 Å². The molecule has 2 rings (SSSR count). The van der Waals surface area contributed by atoms with Crippen molar-refractivity contribution in [2.24, 2.45) is 5.10 Å². The Hall–Kier alpha value is -2.50. The number of H-pyrrole nitrogens is 1. The lowest BCUT2D eigenvalue weighted by atomic mass is 10.0. The van der Waals surface area contributed by atoms with Gasteiger partial charge in [-0.25, -0.2) is 5.43 Å². The number of hydrazone groups is 1. The van der Waals surface area contributed by atoms with Crippen LogP contribution in [0.4, 0.5) is 5.95 Å². The Kier molecular flexibility index (Phi) is 4.24. The first kappa shape index (κ1) is 13.9. The summed E-state index contributed by atoms with van der Waals surface area (Å²) in [5, 5.41) is 11.5. The second-order valence-corrected chi connectivity index (χ2v) is 4.78. The van der Waals surface area contributed by atoms with Crippen LogP contribution >= 0.6 is 0 Å². The Labute approximate surface area is 117 Å². The van der Waals surface area contributed by atoms with Crippen LogP contribution in [0, 0.1) is 6.92 Å². The van der Waals surface area contributed by atoms with Crippen molar-refractivity contribution in [2.45, 2.75) is 26.7 Å². The smallest absolute Gasteiger partial charge is 0.274 e. The second-order valence-electron chi connectivity index (χ2n) is 4.78. The van der Waals surface area contributed by atoms with E-state index in [9.17, 15) is 4.79 Å². The number of rotatable bonds is 4. The molecule has 2 N–H and O–H groups in total. The summed E-state index contributed by atoms with van der Waals surface area (Å²) in [6.45, 7) is 5.89. The summed E-state index contributed by atoms with van der Waals surface area (Å²) in [4.78, 5) is 13.9. The number of nitrogens with one attached hydrogen (secondary N) is 2. The van der Waals surface area contributed by atoms with E-state index in [4.69, 9.17) is 0 Å². The van der Waals surface area contributed by atoms with Crippen molar-refractivity contribution in [3.05, 3.63) is 51.4 Å². The number of aromatic nitrogens is 3. The minimum atomic E-state index is -0.279. The average Bonchev–Trinajstić information content (AvgIpc) is 2.43. The SMILES string of the molecule is Cc1nnc(NN=Cc2ccc(C(C)C)cc2)[nH]c1=O. The molecular formula is C14H17N5O. The zero-order valence-electron chi connectivity index (χ0n) is 11.7. The molecule has 0 spiro atoms. The zero-order chi connectivity index (χ0) is 14.5. The van der Waals surface area contributed by atoms with Gasteiger partial charge in [0.15, 0.2) is 0 Å². The molecule has 0 fully saturated rings. The average molecular weight is 271 g/mol. The molecule has 6 nitrogen and oxygen atoms in total. The maximum Gasteiger partial charge on any atom is 0.274 e. The molecule has 0 unspecified atom stereocenters. The molecule has 104 valence electrons. The third-order valence-corrected chi connectivity index (χ3v) is 2.85. The Bertz CT molecular complexity index is 658. The van der Waals surface area contributed by atoms with Crippen LogP contribution in [-0.2, 0) is 0 Å². The number of aryl methyl sites for hydroxylation is 1. The van der Waals surface area contributed by atoms with Gasteiger partial charge >= 0.3 is 0 Å². The van der Waals surface area contributed by atoms with E-state index in [0.29, 0.717) is 11.6 Å². The van der Waals surface area contributed by atoms with Gasteiger partial charge in [0.1, 0.15) is 5.69 Å². The van der Waals surface area contributed by atoms with Crippen molar-refractivity contribution in [1.29, 1.82) is 0 Å². The molecule has 0 radical (unpaired) electrons. The number of hydrogen-bond donors (Lipinski definition) is 2. The zero-order valence-corrected chi connectivity index (χ0v) is 11.7. The van der Waals surface area contributed by atoms with E-state index >= 15 is 0 Å². The van der Waals surface area contributed by atoms with Crippen LogP contribution in [0.15, 0.2) is 34.2 Å². The second kappa shape index (κ2) is 6.10. The van der Waals surface area contributed by atoms with Gasteiger partial charge in [0.05, 0.1) is 6.21 Å². The van der Waals surface area contributed by atoms with Crippen LogP contribution in [-0.4, -0.2) is 21.4 Å². The first-order chi connectivity index (χ1) is 9.56. The molecule has 0 bridgehead atoms. The van der Waals surface area contributed by atoms with Crippen LogP contribution in [0.25, 0.3) is 0 Å². The Morgan fingerprint density at radius 1 is 1.25 bits per heavy atom. The summed E-state index contributed by atoms with van der Waals surface area (Å²) in [5.41, 5.74) is 4.93. The first-order valence-corrected chi connectivity index (χ1v) is 6.39. The Balaban J connectivity index is 2.02. The number of benzene rings is 1. The van der Waals surface area contributed by atoms with Crippen LogP contribution in [0.5, 0.6) is 0 Å². The molecule has 0 aliphatic heterocycles. The van der Waals surface area contributed by atoms with Gasteiger partial charge in [0.2, 0.25) is 5.95 Å². The van der Waals surface area contributed by atoms with Crippen LogP contribution in [0.2, 0.25) is 0 Å². The highest BCUT2D eigenvalue weighted by Gasteiger charge is 1.99. The van der Waals surface area contributed by atoms with E-state index in [1.807, 2.05) is 12.1 Å². The van der Waals surface area contributed by atoms with E-state index in [1.165, 1.54) is 5.56 Å². The summed E-state index contributed by atoms with van der Waals surface area (Å²) in [6, 6.07) is 8.12. The monoisotopic (exact) mass is 271 g/mol. The molecule has 0 atom stereocenters. The van der Waals surface area contributed by atoms with Crippen LogP contribution < -0.4 is 11.0 Å². The Morgan fingerprint density at radius 2 is 1.95 bits per heavy atom. The number of hydrogen-bond acceptors (Lipinski definition) is 5. The van der Waals surface area contributed by atoms with E-state index < -0.39 is 0 Å². The van der Waals surface area contributed by atoms with Crippen molar-refractivity contribution in [3.8, 4) is 0 Å². The minimum absolute atomic E-state index is 0.218. The van der Waals surface area contributed by atoms with Gasteiger partial charge in [0.25, 0.3) is 5.56 Å². The lowest BCUT2D eigenvalue weighted by Gasteiger charge is -2.04. The molecule has 1 heterocycles. The van der Waals surface area contributed by atoms with Gasteiger partial charge in [-0.15, -0.1) is 10.2 Å². The fraction of sp³-hybridized carbons (Fsp3) is 0.286. The largest absolute Gasteiger partial charge is 0.288 e. The highest BCUT2D eigenvalue weighted by atomic mass is 16.1. The highest BCUT2D eigenvalue weighted by Crippen LogP contribution is 2.13. The summed E-state index contributed by atoms with van der Waals surface area (Å²) in [6.07, 6.45) is 1.66. The van der Waals surface area contributed by atoms with E-state index in [0.717, 1.165) is 5.56 Å². The predicted octanol–water partition coefficient (Wildman–Crippen LogP) is 2.04. The molecule has 1 aromatic carbocycles. The maximum absolute atomic E-state index is 11.3. The minimum Gasteiger partial charge on any atom is -0.288 e. The highest BCUT2D eigenvalue weighted by molar-refractivity contribution is 5.80. The standard InChI is InChI=1S/C14H17N5O/c1-9(2)12-6-4-11(5-7-12)8-15-18-14-16-13(20)10(3)17-19-14/h4-9H,1-3H3,(H2,16,18,19,20).